The zero-order valence-electron chi connectivity index (χ0n) is 31.1. The van der Waals surface area contributed by atoms with Crippen LogP contribution in [0.4, 0.5) is 0 Å². The summed E-state index contributed by atoms with van der Waals surface area (Å²) in [6.45, 7) is 9.13. The molecular weight excluding hydrogens is 720 g/mol. The Bertz CT molecular complexity index is 1310. The third-order valence-electron chi connectivity index (χ3n) is 7.61. The predicted molar refractivity (Wildman–Crippen MR) is 193 cm³/mol. The van der Waals surface area contributed by atoms with Gasteiger partial charge in [-0.15, -0.1) is 0 Å². The first-order valence-electron chi connectivity index (χ1n) is 17.0. The molecule has 0 aliphatic heterocycles. The number of hydrogen-bond acceptors (Lipinski definition) is 12. The monoisotopic (exact) mass is 776 g/mol. The molecule has 21 heteroatoms. The molecule has 0 radical (unpaired) electrons. The van der Waals surface area contributed by atoms with Crippen molar-refractivity contribution in [3.63, 3.8) is 0 Å². The van der Waals surface area contributed by atoms with E-state index >= 15 is 0 Å². The molecule has 0 aromatic heterocycles. The maximum absolute atomic E-state index is 13.6. The van der Waals surface area contributed by atoms with Crippen molar-refractivity contribution in [2.24, 2.45) is 23.3 Å². The van der Waals surface area contributed by atoms with Gasteiger partial charge in [0.1, 0.15) is 36.3 Å². The highest BCUT2D eigenvalue weighted by Gasteiger charge is 2.36. The van der Waals surface area contributed by atoms with Crippen LogP contribution < -0.4 is 43.4 Å². The van der Waals surface area contributed by atoms with Crippen LogP contribution in [0.2, 0.25) is 0 Å². The van der Waals surface area contributed by atoms with Gasteiger partial charge in [-0.3, -0.25) is 38.4 Å². The largest absolute Gasteiger partial charge is 0.481 e. The number of hydrogen-bond donors (Lipinski definition) is 11. The van der Waals surface area contributed by atoms with E-state index in [4.69, 9.17) is 11.5 Å². The average molecular weight is 777 g/mol. The average Bonchev–Trinajstić information content (AvgIpc) is 3.03. The van der Waals surface area contributed by atoms with Gasteiger partial charge in [0.05, 0.1) is 18.6 Å². The summed E-state index contributed by atoms with van der Waals surface area (Å²) in [5.41, 5.74) is 10.8. The first-order chi connectivity index (χ1) is 24.5. The van der Waals surface area contributed by atoms with Crippen LogP contribution in [-0.2, 0) is 43.2 Å². The summed E-state index contributed by atoms with van der Waals surface area (Å²) in [7, 11) is 0. The lowest BCUT2D eigenvalue weighted by molar-refractivity contribution is -0.142. The van der Waals surface area contributed by atoms with E-state index in [2.05, 4.69) is 31.9 Å². The van der Waals surface area contributed by atoms with Gasteiger partial charge in [-0.1, -0.05) is 27.7 Å². The maximum Gasteiger partial charge on any atom is 0.326 e. The zero-order chi connectivity index (χ0) is 41.2. The lowest BCUT2D eigenvalue weighted by atomic mass is 9.99. The number of aliphatic carboxylic acids is 2. The topological polar surface area (TPSA) is 339 Å². The molecule has 0 bridgehead atoms. The minimum Gasteiger partial charge on any atom is -0.481 e. The summed E-state index contributed by atoms with van der Waals surface area (Å²) in [6, 6.07) is -9.90. The van der Waals surface area contributed by atoms with Crippen molar-refractivity contribution in [1.29, 1.82) is 0 Å². The van der Waals surface area contributed by atoms with Crippen LogP contribution in [0.25, 0.3) is 0 Å². The highest BCUT2D eigenvalue weighted by molar-refractivity contribution is 7.98. The number of aliphatic hydroxyl groups is 1. The molecular formula is C32H56N8O12S. The summed E-state index contributed by atoms with van der Waals surface area (Å²) in [4.78, 5) is 113. The molecule has 0 aliphatic rings. The lowest BCUT2D eigenvalue weighted by Crippen LogP contribution is -2.62. The second kappa shape index (κ2) is 23.9. The van der Waals surface area contributed by atoms with Gasteiger partial charge in [0.15, 0.2) is 0 Å². The number of carboxylic acids is 2. The molecule has 0 fully saturated rings. The molecule has 0 rings (SSSR count). The fraction of sp³-hybridized carbons (Fsp3) is 0.719. The van der Waals surface area contributed by atoms with E-state index in [1.807, 2.05) is 0 Å². The number of carboxylic acid groups (broad SMARTS) is 2. The number of aliphatic hydroxyl groups excluding tert-OH is 1. The lowest BCUT2D eigenvalue weighted by Gasteiger charge is -2.29. The number of nitrogens with one attached hydrogen (secondary N) is 6. The third-order valence-corrected chi connectivity index (χ3v) is 8.26. The van der Waals surface area contributed by atoms with Gasteiger partial charge >= 0.3 is 11.9 Å². The van der Waals surface area contributed by atoms with Crippen molar-refractivity contribution >= 4 is 65.1 Å². The Morgan fingerprint density at radius 1 is 0.623 bits per heavy atom. The van der Waals surface area contributed by atoms with Gasteiger partial charge in [0.25, 0.3) is 0 Å². The van der Waals surface area contributed by atoms with Crippen LogP contribution in [0.15, 0.2) is 0 Å². The molecule has 0 aromatic rings. The first-order valence-corrected chi connectivity index (χ1v) is 18.4. The molecule has 0 saturated carbocycles. The summed E-state index contributed by atoms with van der Waals surface area (Å²) >= 11 is 1.39. The molecule has 53 heavy (non-hydrogen) atoms. The molecule has 20 nitrogen and oxygen atoms in total. The van der Waals surface area contributed by atoms with Crippen LogP contribution in [0.3, 0.4) is 0 Å². The number of primary amides is 1. The fourth-order valence-electron chi connectivity index (χ4n) is 4.68. The molecule has 0 spiro atoms. The van der Waals surface area contributed by atoms with Gasteiger partial charge in [0, 0.05) is 6.42 Å². The van der Waals surface area contributed by atoms with E-state index in [0.29, 0.717) is 5.75 Å². The molecule has 0 unspecified atom stereocenters. The molecule has 0 saturated heterocycles. The van der Waals surface area contributed by atoms with E-state index in [-0.39, 0.29) is 18.8 Å². The minimum absolute atomic E-state index is 0.122. The van der Waals surface area contributed by atoms with Crippen LogP contribution >= 0.6 is 11.8 Å². The SMILES string of the molecule is CSCC[C@H](NC(=O)[C@H](CC(C)C)NC(=O)[C@@H](NC(=O)[C@H](CCC(N)=O)NC(=O)[C@@H](NC(=O)[C@H](CC(=O)O)NC(=O)[C@H](C)N)[C@@H](C)O)C(C)C)C(=O)O. The first kappa shape index (κ1) is 48.5. The molecule has 8 atom stereocenters. The van der Waals surface area contributed by atoms with Crippen molar-refractivity contribution in [3.8, 4) is 0 Å². The Morgan fingerprint density at radius 2 is 1.09 bits per heavy atom. The molecule has 0 heterocycles. The number of carbonyl (C=O) groups is 9. The zero-order valence-corrected chi connectivity index (χ0v) is 31.9. The van der Waals surface area contributed by atoms with Gasteiger partial charge < -0.3 is 58.7 Å². The highest BCUT2D eigenvalue weighted by atomic mass is 32.2. The van der Waals surface area contributed by atoms with Crippen molar-refractivity contribution in [1.82, 2.24) is 31.9 Å². The Kier molecular flexibility index (Phi) is 21.9. The second-order valence-electron chi connectivity index (χ2n) is 13.3. The van der Waals surface area contributed by atoms with Gasteiger partial charge in [-0.25, -0.2) is 4.79 Å². The van der Waals surface area contributed by atoms with Crippen molar-refractivity contribution in [2.75, 3.05) is 12.0 Å². The minimum atomic E-state index is -1.81. The number of thioether (sulfide) groups is 1. The number of nitrogens with two attached hydrogens (primary N) is 2. The maximum atomic E-state index is 13.6. The highest BCUT2D eigenvalue weighted by Crippen LogP contribution is 2.11. The number of carbonyl (C=O) groups excluding carboxylic acids is 7. The summed E-state index contributed by atoms with van der Waals surface area (Å²) in [5, 5.41) is 43.3. The quantitative estimate of drug-likeness (QED) is 0.0438. The Balaban J connectivity index is 6.23. The second-order valence-corrected chi connectivity index (χ2v) is 14.3. The predicted octanol–water partition coefficient (Wildman–Crippen LogP) is -3.10. The molecule has 0 aromatic carbocycles. The number of amides is 7. The smallest absolute Gasteiger partial charge is 0.326 e. The number of rotatable bonds is 25. The summed E-state index contributed by atoms with van der Waals surface area (Å²) in [6.07, 6.45) is -1.31. The Hall–Kier alpha value is -4.50. The normalized spacial score (nSPS) is 15.7. The molecule has 7 amide bonds. The van der Waals surface area contributed by atoms with E-state index in [9.17, 15) is 58.5 Å². The van der Waals surface area contributed by atoms with Crippen LogP contribution in [0, 0.1) is 11.8 Å². The molecule has 0 aliphatic carbocycles. The standard InChI is InChI=1S/C32H56N8O12S/c1-14(2)12-20(28(47)36-19(32(51)52)10-11-53-7)38-30(49)24(15(3)4)39-27(46)18(8-9-22(34)42)35-31(50)25(17(6)41)40-29(48)21(13-23(43)44)37-26(45)16(5)33/h14-21,24-25,41H,8-13,33H2,1-7H3,(H2,34,42)(H,35,50)(H,36,47)(H,37,45)(H,38,49)(H,39,46)(H,40,48)(H,43,44)(H,51,52)/t16-,17+,18-,19-,20-,21-,24-,25-/m0/s1. The van der Waals surface area contributed by atoms with E-state index in [1.54, 1.807) is 34.0 Å². The van der Waals surface area contributed by atoms with Crippen LogP contribution in [0.1, 0.15) is 73.6 Å². The van der Waals surface area contributed by atoms with Crippen LogP contribution in [-0.4, -0.2) is 129 Å². The Labute approximate surface area is 312 Å². The van der Waals surface area contributed by atoms with E-state index in [1.165, 1.54) is 18.7 Å². The van der Waals surface area contributed by atoms with Gasteiger partial charge in [0.2, 0.25) is 41.4 Å². The van der Waals surface area contributed by atoms with E-state index < -0.39 is 127 Å². The third kappa shape index (κ3) is 18.7. The van der Waals surface area contributed by atoms with Gasteiger partial charge in [-0.05, 0) is 57.0 Å². The van der Waals surface area contributed by atoms with E-state index in [0.717, 1.165) is 6.92 Å². The molecule has 302 valence electrons. The summed E-state index contributed by atoms with van der Waals surface area (Å²) in [5.74, 6) is -9.58. The Morgan fingerprint density at radius 3 is 1.55 bits per heavy atom. The fourth-order valence-corrected chi connectivity index (χ4v) is 5.15. The molecule has 13 N–H and O–H groups in total. The van der Waals surface area contributed by atoms with Crippen LogP contribution in [0.5, 0.6) is 0 Å². The summed E-state index contributed by atoms with van der Waals surface area (Å²) < 4.78 is 0. The van der Waals surface area contributed by atoms with Crippen molar-refractivity contribution in [2.45, 2.75) is 122 Å². The van der Waals surface area contributed by atoms with Crippen molar-refractivity contribution in [3.05, 3.63) is 0 Å². The van der Waals surface area contributed by atoms with Gasteiger partial charge in [-0.2, -0.15) is 11.8 Å². The van der Waals surface area contributed by atoms with Crippen molar-refractivity contribution < 1.29 is 58.5 Å².